The molecule has 96 valence electrons. The number of carbonyl (C=O) groups is 1. The number of thiazole rings is 1. The van der Waals surface area contributed by atoms with Crippen molar-refractivity contribution in [1.82, 2.24) is 4.98 Å². The van der Waals surface area contributed by atoms with Crippen LogP contribution in [0.5, 0.6) is 0 Å². The molecule has 0 spiro atoms. The molecular weight excluding hydrogens is 304 g/mol. The fourth-order valence-electron chi connectivity index (χ4n) is 1.46. The first-order valence-electron chi connectivity index (χ1n) is 5.28. The Bertz CT molecular complexity index is 703. The summed E-state index contributed by atoms with van der Waals surface area (Å²) in [4.78, 5) is 17.1. The van der Waals surface area contributed by atoms with E-state index in [2.05, 4.69) is 10.3 Å². The summed E-state index contributed by atoms with van der Waals surface area (Å²) in [5, 5.41) is 5.09. The number of rotatable bonds is 3. The Kier molecular flexibility index (Phi) is 3.37. The zero-order valence-corrected chi connectivity index (χ0v) is 11.8. The number of aromatic nitrogens is 1. The molecule has 3 aromatic heterocycles. The van der Waals surface area contributed by atoms with Gasteiger partial charge in [-0.05, 0) is 24.3 Å². The molecule has 0 saturated heterocycles. The lowest BCUT2D eigenvalue weighted by Gasteiger charge is -1.96. The molecule has 0 fully saturated rings. The van der Waals surface area contributed by atoms with Gasteiger partial charge in [-0.15, -0.1) is 22.7 Å². The van der Waals surface area contributed by atoms with Gasteiger partial charge in [-0.25, -0.2) is 4.98 Å². The van der Waals surface area contributed by atoms with Crippen LogP contribution in [0.1, 0.15) is 10.6 Å². The van der Waals surface area contributed by atoms with Crippen LogP contribution in [0.2, 0.25) is 4.34 Å². The van der Waals surface area contributed by atoms with Crippen LogP contribution in [0.4, 0.5) is 5.13 Å². The number of carbonyl (C=O) groups excluding carboxylic acids is 1. The molecule has 0 aliphatic rings. The lowest BCUT2D eigenvalue weighted by molar-refractivity contribution is 0.0996. The lowest BCUT2D eigenvalue weighted by atomic mass is 10.4. The smallest absolute Gasteiger partial charge is 0.293 e. The van der Waals surface area contributed by atoms with Crippen LogP contribution in [0, 0.1) is 0 Å². The van der Waals surface area contributed by atoms with E-state index in [0.29, 0.717) is 9.47 Å². The summed E-state index contributed by atoms with van der Waals surface area (Å²) in [6.45, 7) is 0. The molecule has 0 saturated carbocycles. The normalized spacial score (nSPS) is 10.6. The van der Waals surface area contributed by atoms with Gasteiger partial charge in [-0.1, -0.05) is 11.6 Å². The van der Waals surface area contributed by atoms with E-state index >= 15 is 0 Å². The number of hydrogen-bond donors (Lipinski definition) is 1. The summed E-state index contributed by atoms with van der Waals surface area (Å²) in [6, 6.07) is 6.99. The Balaban J connectivity index is 1.77. The van der Waals surface area contributed by atoms with Gasteiger partial charge in [-0.3, -0.25) is 10.1 Å². The molecule has 3 aromatic rings. The van der Waals surface area contributed by atoms with Crippen molar-refractivity contribution in [3.8, 4) is 10.6 Å². The molecule has 3 heterocycles. The molecule has 0 radical (unpaired) electrons. The van der Waals surface area contributed by atoms with Gasteiger partial charge in [0.15, 0.2) is 10.9 Å². The highest BCUT2D eigenvalue weighted by molar-refractivity contribution is 7.20. The predicted molar refractivity (Wildman–Crippen MR) is 77.1 cm³/mol. The number of amides is 1. The highest BCUT2D eigenvalue weighted by Gasteiger charge is 2.12. The summed E-state index contributed by atoms with van der Waals surface area (Å²) in [6.07, 6.45) is 1.45. The summed E-state index contributed by atoms with van der Waals surface area (Å²) in [5.41, 5.74) is 0.802. The van der Waals surface area contributed by atoms with Crippen LogP contribution in [0.15, 0.2) is 40.3 Å². The van der Waals surface area contributed by atoms with Crippen molar-refractivity contribution in [1.29, 1.82) is 0 Å². The fraction of sp³-hybridized carbons (Fsp3) is 0. The van der Waals surface area contributed by atoms with Crippen molar-refractivity contribution in [2.24, 2.45) is 0 Å². The van der Waals surface area contributed by atoms with E-state index in [4.69, 9.17) is 16.0 Å². The second kappa shape index (κ2) is 5.16. The summed E-state index contributed by atoms with van der Waals surface area (Å²) < 4.78 is 5.72. The number of furan rings is 1. The van der Waals surface area contributed by atoms with Gasteiger partial charge in [0.05, 0.1) is 21.2 Å². The molecule has 7 heteroatoms. The largest absolute Gasteiger partial charge is 0.459 e. The number of nitrogens with zero attached hydrogens (tertiary/aromatic N) is 1. The predicted octanol–water partition coefficient (Wildman–Crippen LogP) is 4.37. The average molecular weight is 311 g/mol. The van der Waals surface area contributed by atoms with E-state index in [0.717, 1.165) is 10.6 Å². The van der Waals surface area contributed by atoms with E-state index in [1.54, 1.807) is 12.1 Å². The zero-order valence-electron chi connectivity index (χ0n) is 9.42. The SMILES string of the molecule is O=C(Nc1nc(-c2ccc(Cl)s2)cs1)c1ccco1. The number of thiophene rings is 1. The van der Waals surface area contributed by atoms with E-state index in [1.807, 2.05) is 17.5 Å². The first kappa shape index (κ1) is 12.4. The zero-order chi connectivity index (χ0) is 13.2. The lowest BCUT2D eigenvalue weighted by Crippen LogP contribution is -2.10. The molecule has 0 aromatic carbocycles. The first-order valence-corrected chi connectivity index (χ1v) is 7.36. The van der Waals surface area contributed by atoms with Crippen molar-refractivity contribution in [3.05, 3.63) is 46.0 Å². The third-order valence-corrected chi connectivity index (χ3v) is 4.31. The molecule has 1 amide bonds. The van der Waals surface area contributed by atoms with Crippen LogP contribution in [0.25, 0.3) is 10.6 Å². The van der Waals surface area contributed by atoms with Gasteiger partial charge in [0.25, 0.3) is 5.91 Å². The van der Waals surface area contributed by atoms with Crippen LogP contribution < -0.4 is 5.32 Å². The van der Waals surface area contributed by atoms with Crippen molar-refractivity contribution < 1.29 is 9.21 Å². The van der Waals surface area contributed by atoms with E-state index < -0.39 is 0 Å². The van der Waals surface area contributed by atoms with Gasteiger partial charge in [0.2, 0.25) is 0 Å². The number of halogens is 1. The standard InChI is InChI=1S/C12H7ClN2O2S2/c13-10-4-3-9(19-10)7-6-18-12(14-7)15-11(16)8-2-1-5-17-8/h1-6H,(H,14,15,16). The molecule has 1 N–H and O–H groups in total. The Labute approximate surface area is 121 Å². The second-order valence-corrected chi connectivity index (χ2v) is 6.15. The van der Waals surface area contributed by atoms with Crippen LogP contribution in [-0.4, -0.2) is 10.9 Å². The number of anilines is 1. The minimum absolute atomic E-state index is 0.260. The van der Waals surface area contributed by atoms with Crippen molar-refractivity contribution >= 4 is 45.3 Å². The maximum absolute atomic E-state index is 11.8. The molecule has 4 nitrogen and oxygen atoms in total. The Morgan fingerprint density at radius 1 is 1.37 bits per heavy atom. The van der Waals surface area contributed by atoms with Crippen molar-refractivity contribution in [2.45, 2.75) is 0 Å². The fourth-order valence-corrected chi connectivity index (χ4v) is 3.25. The summed E-state index contributed by atoms with van der Waals surface area (Å²) in [5.74, 6) is -0.0500. The first-order chi connectivity index (χ1) is 9.22. The van der Waals surface area contributed by atoms with Crippen LogP contribution in [-0.2, 0) is 0 Å². The van der Waals surface area contributed by atoms with Gasteiger partial charge >= 0.3 is 0 Å². The van der Waals surface area contributed by atoms with Crippen molar-refractivity contribution in [2.75, 3.05) is 5.32 Å². The topological polar surface area (TPSA) is 55.1 Å². The number of hydrogen-bond acceptors (Lipinski definition) is 5. The minimum Gasteiger partial charge on any atom is -0.459 e. The Hall–Kier alpha value is -1.63. The monoisotopic (exact) mass is 310 g/mol. The highest BCUT2D eigenvalue weighted by Crippen LogP contribution is 2.32. The molecule has 0 bridgehead atoms. The highest BCUT2D eigenvalue weighted by atomic mass is 35.5. The van der Waals surface area contributed by atoms with Gasteiger partial charge in [0.1, 0.15) is 0 Å². The van der Waals surface area contributed by atoms with Gasteiger partial charge < -0.3 is 4.42 Å². The summed E-state index contributed by atoms with van der Waals surface area (Å²) >= 11 is 8.69. The molecule has 0 aliphatic carbocycles. The molecule has 19 heavy (non-hydrogen) atoms. The maximum Gasteiger partial charge on any atom is 0.293 e. The van der Waals surface area contributed by atoms with Gasteiger partial charge in [0, 0.05) is 5.38 Å². The number of nitrogens with one attached hydrogen (secondary N) is 1. The molecular formula is C12H7ClN2O2S2. The quantitative estimate of drug-likeness (QED) is 0.781. The Morgan fingerprint density at radius 2 is 2.26 bits per heavy atom. The van der Waals surface area contributed by atoms with Crippen molar-refractivity contribution in [3.63, 3.8) is 0 Å². The minimum atomic E-state index is -0.310. The Morgan fingerprint density at radius 3 is 2.95 bits per heavy atom. The van der Waals surface area contributed by atoms with Crippen LogP contribution >= 0.6 is 34.3 Å². The molecule has 0 atom stereocenters. The van der Waals surface area contributed by atoms with E-state index in [1.165, 1.54) is 28.9 Å². The average Bonchev–Trinajstić information content (AvgIpc) is 3.07. The molecule has 0 unspecified atom stereocenters. The summed E-state index contributed by atoms with van der Waals surface area (Å²) in [7, 11) is 0. The second-order valence-electron chi connectivity index (χ2n) is 3.57. The third kappa shape index (κ3) is 2.70. The van der Waals surface area contributed by atoms with Gasteiger partial charge in [-0.2, -0.15) is 0 Å². The third-order valence-electron chi connectivity index (χ3n) is 2.30. The van der Waals surface area contributed by atoms with E-state index in [-0.39, 0.29) is 11.7 Å². The van der Waals surface area contributed by atoms with E-state index in [9.17, 15) is 4.79 Å². The molecule has 0 aliphatic heterocycles. The maximum atomic E-state index is 11.8. The molecule has 3 rings (SSSR count). The van der Waals surface area contributed by atoms with Crippen LogP contribution in [0.3, 0.4) is 0 Å².